The number of nitrogens with two attached hydrogens (primary N) is 1. The number of nitrogen functional groups attached to an aromatic ring is 1. The van der Waals surface area contributed by atoms with Gasteiger partial charge in [0.05, 0.1) is 0 Å². The fourth-order valence-electron chi connectivity index (χ4n) is 1.73. The van der Waals surface area contributed by atoms with E-state index < -0.39 is 0 Å². The van der Waals surface area contributed by atoms with Crippen LogP contribution in [-0.2, 0) is 0 Å². The molecule has 0 aliphatic carbocycles. The van der Waals surface area contributed by atoms with Crippen LogP contribution in [0.2, 0.25) is 0 Å². The molecule has 0 aliphatic rings. The van der Waals surface area contributed by atoms with E-state index in [2.05, 4.69) is 15.9 Å². The minimum Gasteiger partial charge on any atom is -0.398 e. The minimum atomic E-state index is -0.315. The third-order valence-corrected chi connectivity index (χ3v) is 3.34. The summed E-state index contributed by atoms with van der Waals surface area (Å²) in [4.78, 5) is 11.2. The standard InChI is InChI=1S/C14H11BrFNO/c1-8(18)9-2-4-12(14(17)6-9)11-5-3-10(16)7-13(11)15/h2-7H,17H2,1H3. The molecular formula is C14H11BrFNO. The van der Waals surface area contributed by atoms with Gasteiger partial charge in [-0.05, 0) is 30.7 Å². The molecular weight excluding hydrogens is 297 g/mol. The molecule has 0 heterocycles. The Labute approximate surface area is 113 Å². The van der Waals surface area contributed by atoms with E-state index in [1.807, 2.05) is 0 Å². The second kappa shape index (κ2) is 4.90. The summed E-state index contributed by atoms with van der Waals surface area (Å²) in [5, 5.41) is 0. The highest BCUT2D eigenvalue weighted by Crippen LogP contribution is 2.33. The predicted molar refractivity (Wildman–Crippen MR) is 74.0 cm³/mol. The van der Waals surface area contributed by atoms with Crippen molar-refractivity contribution in [3.63, 3.8) is 0 Å². The fourth-order valence-corrected chi connectivity index (χ4v) is 2.30. The van der Waals surface area contributed by atoms with Crippen LogP contribution in [0.3, 0.4) is 0 Å². The van der Waals surface area contributed by atoms with Gasteiger partial charge in [-0.2, -0.15) is 0 Å². The van der Waals surface area contributed by atoms with Crippen molar-refractivity contribution in [2.24, 2.45) is 0 Å². The van der Waals surface area contributed by atoms with Crippen molar-refractivity contribution in [2.75, 3.05) is 5.73 Å². The first kappa shape index (κ1) is 12.8. The first-order valence-corrected chi connectivity index (χ1v) is 6.14. The monoisotopic (exact) mass is 307 g/mol. The summed E-state index contributed by atoms with van der Waals surface area (Å²) in [6.45, 7) is 1.49. The average Bonchev–Trinajstić information content (AvgIpc) is 2.30. The zero-order chi connectivity index (χ0) is 13.3. The van der Waals surface area contributed by atoms with Gasteiger partial charge in [0.2, 0.25) is 0 Å². The molecule has 2 rings (SSSR count). The van der Waals surface area contributed by atoms with Crippen molar-refractivity contribution in [2.45, 2.75) is 6.92 Å². The van der Waals surface area contributed by atoms with Crippen LogP contribution in [0.4, 0.5) is 10.1 Å². The van der Waals surface area contributed by atoms with Crippen molar-refractivity contribution in [1.29, 1.82) is 0 Å². The van der Waals surface area contributed by atoms with Gasteiger partial charge >= 0.3 is 0 Å². The van der Waals surface area contributed by atoms with Crippen LogP contribution in [0.15, 0.2) is 40.9 Å². The smallest absolute Gasteiger partial charge is 0.159 e. The van der Waals surface area contributed by atoms with Crippen LogP contribution in [0, 0.1) is 5.82 Å². The van der Waals surface area contributed by atoms with Crippen LogP contribution in [0.5, 0.6) is 0 Å². The molecule has 0 bridgehead atoms. The van der Waals surface area contributed by atoms with Crippen LogP contribution in [0.1, 0.15) is 17.3 Å². The molecule has 0 radical (unpaired) electrons. The van der Waals surface area contributed by atoms with Crippen LogP contribution in [0.25, 0.3) is 11.1 Å². The van der Waals surface area contributed by atoms with E-state index in [1.54, 1.807) is 24.3 Å². The van der Waals surface area contributed by atoms with Crippen LogP contribution >= 0.6 is 15.9 Å². The molecule has 0 spiro atoms. The normalized spacial score (nSPS) is 10.4. The molecule has 0 amide bonds. The van der Waals surface area contributed by atoms with Crippen LogP contribution < -0.4 is 5.73 Å². The van der Waals surface area contributed by atoms with E-state index in [0.29, 0.717) is 15.7 Å². The number of Topliss-reactive ketones (excluding diaryl/α,β-unsaturated/α-hetero) is 1. The number of anilines is 1. The molecule has 2 aromatic carbocycles. The Bertz CT molecular complexity index is 625. The lowest BCUT2D eigenvalue weighted by Gasteiger charge is -2.09. The average molecular weight is 308 g/mol. The minimum absolute atomic E-state index is 0.0357. The summed E-state index contributed by atoms with van der Waals surface area (Å²) in [6, 6.07) is 9.52. The van der Waals surface area contributed by atoms with E-state index in [0.717, 1.165) is 11.1 Å². The van der Waals surface area contributed by atoms with Gasteiger partial charge in [0.1, 0.15) is 5.82 Å². The molecule has 2 nitrogen and oxygen atoms in total. The molecule has 18 heavy (non-hydrogen) atoms. The molecule has 0 fully saturated rings. The highest BCUT2D eigenvalue weighted by molar-refractivity contribution is 9.10. The van der Waals surface area contributed by atoms with Gasteiger partial charge in [0, 0.05) is 21.3 Å². The number of hydrogen-bond acceptors (Lipinski definition) is 2. The molecule has 92 valence electrons. The van der Waals surface area contributed by atoms with Gasteiger partial charge in [-0.15, -0.1) is 0 Å². The van der Waals surface area contributed by atoms with Crippen molar-refractivity contribution in [3.8, 4) is 11.1 Å². The zero-order valence-electron chi connectivity index (χ0n) is 9.71. The van der Waals surface area contributed by atoms with Gasteiger partial charge in [-0.3, -0.25) is 4.79 Å². The topological polar surface area (TPSA) is 43.1 Å². The summed E-state index contributed by atoms with van der Waals surface area (Å²) in [7, 11) is 0. The SMILES string of the molecule is CC(=O)c1ccc(-c2ccc(F)cc2Br)c(N)c1. The first-order chi connectivity index (χ1) is 8.49. The third-order valence-electron chi connectivity index (χ3n) is 2.68. The second-order valence-corrected chi connectivity index (χ2v) is 4.84. The van der Waals surface area contributed by atoms with E-state index in [9.17, 15) is 9.18 Å². The Balaban J connectivity index is 2.54. The highest BCUT2D eigenvalue weighted by Gasteiger charge is 2.09. The number of halogens is 2. The number of rotatable bonds is 2. The third kappa shape index (κ3) is 2.43. The maximum atomic E-state index is 13.0. The quantitative estimate of drug-likeness (QED) is 0.672. The lowest BCUT2D eigenvalue weighted by Crippen LogP contribution is -1.97. The summed E-state index contributed by atoms with van der Waals surface area (Å²) < 4.78 is 13.7. The predicted octanol–water partition coefficient (Wildman–Crippen LogP) is 4.04. The summed E-state index contributed by atoms with van der Waals surface area (Å²) in [5.74, 6) is -0.351. The van der Waals surface area contributed by atoms with Crippen LogP contribution in [-0.4, -0.2) is 5.78 Å². The maximum Gasteiger partial charge on any atom is 0.159 e. The van der Waals surface area contributed by atoms with Gasteiger partial charge < -0.3 is 5.73 Å². The molecule has 2 aromatic rings. The van der Waals surface area contributed by atoms with Crippen molar-refractivity contribution < 1.29 is 9.18 Å². The number of benzene rings is 2. The number of ketones is 1. The highest BCUT2D eigenvalue weighted by atomic mass is 79.9. The Morgan fingerprint density at radius 2 is 1.83 bits per heavy atom. The Morgan fingerprint density at radius 1 is 1.17 bits per heavy atom. The van der Waals surface area contributed by atoms with E-state index >= 15 is 0 Å². The van der Waals surface area contributed by atoms with Gasteiger partial charge in [-0.1, -0.05) is 34.1 Å². The van der Waals surface area contributed by atoms with Crippen molar-refractivity contribution >= 4 is 27.4 Å². The fraction of sp³-hybridized carbons (Fsp3) is 0.0714. The summed E-state index contributed by atoms with van der Waals surface area (Å²) in [5.41, 5.74) is 8.56. The Hall–Kier alpha value is -1.68. The number of carbonyl (C=O) groups is 1. The molecule has 0 atom stereocenters. The molecule has 0 saturated carbocycles. The largest absolute Gasteiger partial charge is 0.398 e. The van der Waals surface area contributed by atoms with E-state index in [1.165, 1.54) is 19.1 Å². The molecule has 0 unspecified atom stereocenters. The van der Waals surface area contributed by atoms with Gasteiger partial charge in [0.25, 0.3) is 0 Å². The van der Waals surface area contributed by atoms with Crippen molar-refractivity contribution in [1.82, 2.24) is 0 Å². The first-order valence-electron chi connectivity index (χ1n) is 5.35. The summed E-state index contributed by atoms with van der Waals surface area (Å²) >= 11 is 3.30. The van der Waals surface area contributed by atoms with E-state index in [4.69, 9.17) is 5.73 Å². The van der Waals surface area contributed by atoms with Gasteiger partial charge in [0.15, 0.2) is 5.78 Å². The number of carbonyl (C=O) groups excluding carboxylic acids is 1. The van der Waals surface area contributed by atoms with Crippen molar-refractivity contribution in [3.05, 3.63) is 52.3 Å². The molecule has 4 heteroatoms. The molecule has 0 aromatic heterocycles. The molecule has 0 aliphatic heterocycles. The summed E-state index contributed by atoms with van der Waals surface area (Å²) in [6.07, 6.45) is 0. The second-order valence-electron chi connectivity index (χ2n) is 3.98. The lowest BCUT2D eigenvalue weighted by molar-refractivity contribution is 0.101. The Morgan fingerprint density at radius 3 is 2.39 bits per heavy atom. The zero-order valence-corrected chi connectivity index (χ0v) is 11.3. The van der Waals surface area contributed by atoms with Gasteiger partial charge in [-0.25, -0.2) is 4.39 Å². The molecule has 0 saturated heterocycles. The molecule has 2 N–H and O–H groups in total. The lowest BCUT2D eigenvalue weighted by atomic mass is 10.0. The van der Waals surface area contributed by atoms with E-state index in [-0.39, 0.29) is 11.6 Å². The number of hydrogen-bond donors (Lipinski definition) is 1. The Kier molecular flexibility index (Phi) is 3.48. The maximum absolute atomic E-state index is 13.0.